The highest BCUT2D eigenvalue weighted by Crippen LogP contribution is 2.35. The van der Waals surface area contributed by atoms with Crippen LogP contribution in [0.5, 0.6) is 11.5 Å². The van der Waals surface area contributed by atoms with Crippen LogP contribution in [-0.4, -0.2) is 40.0 Å². The van der Waals surface area contributed by atoms with Gasteiger partial charge in [0.15, 0.2) is 0 Å². The summed E-state index contributed by atoms with van der Waals surface area (Å²) in [6.45, 7) is 1.08. The maximum Gasteiger partial charge on any atom is 0.246 e. The van der Waals surface area contributed by atoms with Crippen LogP contribution in [0, 0.1) is 0 Å². The van der Waals surface area contributed by atoms with Gasteiger partial charge in [-0.1, -0.05) is 12.8 Å². The van der Waals surface area contributed by atoms with Gasteiger partial charge in [-0.05, 0) is 18.9 Å². The zero-order valence-corrected chi connectivity index (χ0v) is 13.3. The van der Waals surface area contributed by atoms with Gasteiger partial charge >= 0.3 is 0 Å². The lowest BCUT2D eigenvalue weighted by Crippen LogP contribution is -2.32. The molecule has 0 aromatic heterocycles. The number of nitrogens with zero attached hydrogens (tertiary/aromatic N) is 1. The summed E-state index contributed by atoms with van der Waals surface area (Å²) >= 11 is 0. The van der Waals surface area contributed by atoms with Crippen molar-refractivity contribution in [3.8, 4) is 11.5 Å². The van der Waals surface area contributed by atoms with E-state index in [1.165, 1.54) is 30.7 Å². The Bertz CT molecular complexity index is 593. The van der Waals surface area contributed by atoms with Crippen molar-refractivity contribution < 1.29 is 17.9 Å². The van der Waals surface area contributed by atoms with E-state index < -0.39 is 10.0 Å². The van der Waals surface area contributed by atoms with E-state index in [0.717, 1.165) is 25.7 Å². The fourth-order valence-corrected chi connectivity index (χ4v) is 4.21. The number of rotatable bonds is 4. The molecule has 118 valence electrons. The number of ether oxygens (including phenoxy) is 2. The number of benzene rings is 1. The third-order valence-electron chi connectivity index (χ3n) is 3.70. The average molecular weight is 314 g/mol. The zero-order valence-electron chi connectivity index (χ0n) is 12.5. The van der Waals surface area contributed by atoms with E-state index in [-0.39, 0.29) is 16.3 Å². The Morgan fingerprint density at radius 3 is 2.10 bits per heavy atom. The number of anilines is 1. The van der Waals surface area contributed by atoms with Gasteiger partial charge in [0.2, 0.25) is 10.0 Å². The summed E-state index contributed by atoms with van der Waals surface area (Å²) in [5, 5.41) is 0. The van der Waals surface area contributed by atoms with E-state index in [9.17, 15) is 8.42 Å². The molecule has 0 radical (unpaired) electrons. The molecule has 1 heterocycles. The van der Waals surface area contributed by atoms with Crippen molar-refractivity contribution >= 4 is 15.7 Å². The number of hydrogen-bond donors (Lipinski definition) is 1. The van der Waals surface area contributed by atoms with Crippen molar-refractivity contribution in [1.29, 1.82) is 0 Å². The summed E-state index contributed by atoms with van der Waals surface area (Å²) in [6.07, 6.45) is 3.89. The second-order valence-electron chi connectivity index (χ2n) is 5.06. The van der Waals surface area contributed by atoms with Gasteiger partial charge in [0, 0.05) is 19.2 Å². The Kier molecular flexibility index (Phi) is 4.95. The second kappa shape index (κ2) is 6.53. The van der Waals surface area contributed by atoms with Crippen LogP contribution in [0.1, 0.15) is 25.7 Å². The highest BCUT2D eigenvalue weighted by Gasteiger charge is 2.29. The molecule has 0 saturated carbocycles. The summed E-state index contributed by atoms with van der Waals surface area (Å²) in [5.74, 6) is 0.659. The number of methoxy groups -OCH3 is 2. The van der Waals surface area contributed by atoms with Gasteiger partial charge in [-0.3, -0.25) is 0 Å². The first kappa shape index (κ1) is 15.9. The zero-order chi connectivity index (χ0) is 15.5. The molecule has 6 nitrogen and oxygen atoms in total. The minimum atomic E-state index is -3.60. The molecule has 1 saturated heterocycles. The van der Waals surface area contributed by atoms with Crippen molar-refractivity contribution in [2.24, 2.45) is 0 Å². The lowest BCUT2D eigenvalue weighted by atomic mass is 10.2. The number of sulfonamides is 1. The molecule has 1 fully saturated rings. The van der Waals surface area contributed by atoms with Crippen molar-refractivity contribution in [3.63, 3.8) is 0 Å². The maximum atomic E-state index is 12.8. The van der Waals surface area contributed by atoms with Gasteiger partial charge in [-0.2, -0.15) is 4.31 Å². The Balaban J connectivity index is 2.45. The van der Waals surface area contributed by atoms with Crippen LogP contribution in [0.4, 0.5) is 5.69 Å². The van der Waals surface area contributed by atoms with Crippen molar-refractivity contribution in [2.45, 2.75) is 30.6 Å². The molecule has 0 atom stereocenters. The number of nitrogens with two attached hydrogens (primary N) is 1. The van der Waals surface area contributed by atoms with E-state index in [0.29, 0.717) is 18.8 Å². The summed E-state index contributed by atoms with van der Waals surface area (Å²) in [5.41, 5.74) is 6.13. The Labute approximate surface area is 125 Å². The van der Waals surface area contributed by atoms with Crippen molar-refractivity contribution in [2.75, 3.05) is 33.0 Å². The van der Waals surface area contributed by atoms with Gasteiger partial charge in [-0.15, -0.1) is 0 Å². The predicted molar refractivity (Wildman–Crippen MR) is 81.2 cm³/mol. The van der Waals surface area contributed by atoms with E-state index >= 15 is 0 Å². The second-order valence-corrected chi connectivity index (χ2v) is 6.97. The minimum Gasteiger partial charge on any atom is -0.495 e. The van der Waals surface area contributed by atoms with Crippen LogP contribution in [0.15, 0.2) is 17.0 Å². The summed E-state index contributed by atoms with van der Waals surface area (Å²) in [4.78, 5) is 0.102. The predicted octanol–water partition coefficient (Wildman–Crippen LogP) is 1.85. The number of hydrogen-bond acceptors (Lipinski definition) is 5. The molecule has 1 aromatic rings. The molecule has 21 heavy (non-hydrogen) atoms. The SMILES string of the molecule is COc1cc(OC)c(S(=O)(=O)N2CCCCCC2)cc1N. The first-order valence-corrected chi connectivity index (χ1v) is 8.46. The normalized spacial score (nSPS) is 17.2. The molecule has 2 N–H and O–H groups in total. The molecule has 0 unspecified atom stereocenters. The molecule has 1 aromatic carbocycles. The molecule has 7 heteroatoms. The molecule has 1 aliphatic rings. The van der Waals surface area contributed by atoms with E-state index in [2.05, 4.69) is 0 Å². The highest BCUT2D eigenvalue weighted by molar-refractivity contribution is 7.89. The lowest BCUT2D eigenvalue weighted by molar-refractivity contribution is 0.381. The van der Waals surface area contributed by atoms with Crippen LogP contribution in [0.2, 0.25) is 0 Å². The molecule has 0 amide bonds. The molecular weight excluding hydrogens is 292 g/mol. The minimum absolute atomic E-state index is 0.102. The van der Waals surface area contributed by atoms with Gasteiger partial charge in [0.05, 0.1) is 19.9 Å². The molecule has 1 aliphatic heterocycles. The Hall–Kier alpha value is -1.47. The topological polar surface area (TPSA) is 81.9 Å². The summed E-state index contributed by atoms with van der Waals surface area (Å²) in [7, 11) is -0.686. The third-order valence-corrected chi connectivity index (χ3v) is 5.62. The van der Waals surface area contributed by atoms with Crippen molar-refractivity contribution in [3.05, 3.63) is 12.1 Å². The first-order valence-electron chi connectivity index (χ1n) is 7.02. The quantitative estimate of drug-likeness (QED) is 0.858. The van der Waals surface area contributed by atoms with Crippen LogP contribution < -0.4 is 15.2 Å². The molecule has 0 bridgehead atoms. The van der Waals surface area contributed by atoms with Crippen molar-refractivity contribution in [1.82, 2.24) is 4.31 Å². The fraction of sp³-hybridized carbons (Fsp3) is 0.571. The maximum absolute atomic E-state index is 12.8. The molecule has 0 aliphatic carbocycles. The fourth-order valence-electron chi connectivity index (χ4n) is 2.52. The van der Waals surface area contributed by atoms with Gasteiger partial charge in [0.1, 0.15) is 16.4 Å². The van der Waals surface area contributed by atoms with Gasteiger partial charge in [-0.25, -0.2) is 8.42 Å². The van der Waals surface area contributed by atoms with Crippen LogP contribution in [0.25, 0.3) is 0 Å². The van der Waals surface area contributed by atoms with E-state index in [1.54, 1.807) is 0 Å². The van der Waals surface area contributed by atoms with Gasteiger partial charge in [0.25, 0.3) is 0 Å². The smallest absolute Gasteiger partial charge is 0.246 e. The molecule has 2 rings (SSSR count). The lowest BCUT2D eigenvalue weighted by Gasteiger charge is -2.22. The molecular formula is C14H22N2O4S. The van der Waals surface area contributed by atoms with Crippen LogP contribution in [-0.2, 0) is 10.0 Å². The van der Waals surface area contributed by atoms with Gasteiger partial charge < -0.3 is 15.2 Å². The summed E-state index contributed by atoms with van der Waals surface area (Å²) < 4.78 is 37.5. The van der Waals surface area contributed by atoms with Crippen LogP contribution in [0.3, 0.4) is 0 Å². The first-order chi connectivity index (χ1) is 10.0. The third kappa shape index (κ3) is 3.24. The Morgan fingerprint density at radius 1 is 1.00 bits per heavy atom. The number of nitrogen functional groups attached to an aromatic ring is 1. The summed E-state index contributed by atoms with van der Waals surface area (Å²) in [6, 6.07) is 2.93. The monoisotopic (exact) mass is 314 g/mol. The standard InChI is InChI=1S/C14H22N2O4S/c1-19-12-10-13(20-2)14(9-11(12)15)21(17,18)16-7-5-3-4-6-8-16/h9-10H,3-8,15H2,1-2H3. The van der Waals surface area contributed by atoms with Crippen LogP contribution >= 0.6 is 0 Å². The Morgan fingerprint density at radius 2 is 1.57 bits per heavy atom. The van der Waals surface area contributed by atoms with E-state index in [1.807, 2.05) is 0 Å². The largest absolute Gasteiger partial charge is 0.495 e. The highest BCUT2D eigenvalue weighted by atomic mass is 32.2. The average Bonchev–Trinajstić information content (AvgIpc) is 2.76. The van der Waals surface area contributed by atoms with E-state index in [4.69, 9.17) is 15.2 Å². The molecule has 0 spiro atoms.